The van der Waals surface area contributed by atoms with E-state index in [2.05, 4.69) is 0 Å². The predicted molar refractivity (Wildman–Crippen MR) is 109 cm³/mol. The Bertz CT molecular complexity index is 926. The van der Waals surface area contributed by atoms with Crippen LogP contribution < -0.4 is 4.74 Å². The number of fused-ring (bicyclic) bond motifs is 1. The third-order valence-electron chi connectivity index (χ3n) is 5.17. The Hall–Kier alpha value is -2.35. The van der Waals surface area contributed by atoms with Gasteiger partial charge in [0.25, 0.3) is 5.91 Å². The molecule has 9 heteroatoms. The molecule has 1 aliphatic heterocycles. The van der Waals surface area contributed by atoms with E-state index in [-0.39, 0.29) is 41.3 Å². The largest absolute Gasteiger partial charge is 0.496 e. The Morgan fingerprint density at radius 1 is 1.32 bits per heavy atom. The summed E-state index contributed by atoms with van der Waals surface area (Å²) in [5.41, 5.74) is -4.32. The van der Waals surface area contributed by atoms with Crippen molar-refractivity contribution in [3.05, 3.63) is 52.2 Å². The first-order valence-corrected chi connectivity index (χ1v) is 10.3. The van der Waals surface area contributed by atoms with Gasteiger partial charge in [-0.2, -0.15) is 13.2 Å². The highest BCUT2D eigenvalue weighted by Gasteiger charge is 2.61. The number of benzene rings is 1. The van der Waals surface area contributed by atoms with Crippen LogP contribution in [0.4, 0.5) is 17.6 Å². The van der Waals surface area contributed by atoms with Gasteiger partial charge in [0.2, 0.25) is 11.6 Å². The van der Waals surface area contributed by atoms with Gasteiger partial charge in [-0.3, -0.25) is 14.5 Å². The quantitative estimate of drug-likeness (QED) is 0.511. The van der Waals surface area contributed by atoms with Gasteiger partial charge in [0.05, 0.1) is 12.7 Å². The molecule has 1 fully saturated rings. The number of nitrogens with zero attached hydrogens (tertiary/aromatic N) is 1. The van der Waals surface area contributed by atoms with Gasteiger partial charge in [0.15, 0.2) is 0 Å². The second-order valence-corrected chi connectivity index (χ2v) is 7.24. The summed E-state index contributed by atoms with van der Waals surface area (Å²) in [6, 6.07) is 4.02. The Morgan fingerprint density at radius 2 is 1.97 bits per heavy atom. The number of methoxy groups -OCH3 is 1. The summed E-state index contributed by atoms with van der Waals surface area (Å²) in [5.74, 6) is -3.29. The lowest BCUT2D eigenvalue weighted by Gasteiger charge is -2.26. The van der Waals surface area contributed by atoms with Crippen LogP contribution in [0.25, 0.3) is 0 Å². The van der Waals surface area contributed by atoms with E-state index in [1.54, 1.807) is 0 Å². The number of carbonyl (C=O) groups is 2. The molecule has 2 unspecified atom stereocenters. The lowest BCUT2D eigenvalue weighted by molar-refractivity contribution is -0.147. The van der Waals surface area contributed by atoms with Crippen LogP contribution in [0.5, 0.6) is 5.75 Å². The molecule has 0 N–H and O–H groups in total. The van der Waals surface area contributed by atoms with E-state index in [1.807, 2.05) is 13.8 Å². The van der Waals surface area contributed by atoms with Crippen LogP contribution >= 0.6 is 11.6 Å². The zero-order valence-electron chi connectivity index (χ0n) is 17.6. The number of carbonyl (C=O) groups excluding carboxylic acids is 2. The molecule has 1 aromatic rings. The Balaban J connectivity index is 0.00000166. The van der Waals surface area contributed by atoms with Crippen LogP contribution in [0.15, 0.2) is 41.6 Å². The van der Waals surface area contributed by atoms with Gasteiger partial charge in [0, 0.05) is 28.6 Å². The molecule has 2 atom stereocenters. The van der Waals surface area contributed by atoms with E-state index in [0.29, 0.717) is 11.0 Å². The number of hydrogen-bond acceptors (Lipinski definition) is 3. The van der Waals surface area contributed by atoms with E-state index in [4.69, 9.17) is 16.3 Å². The van der Waals surface area contributed by atoms with Crippen LogP contribution in [0.2, 0.25) is 5.02 Å². The molecular weight excluding hydrogens is 438 g/mol. The summed E-state index contributed by atoms with van der Waals surface area (Å²) in [7, 11) is 1.28. The molecule has 0 radical (unpaired) electrons. The Labute approximate surface area is 183 Å². The second-order valence-electron chi connectivity index (χ2n) is 6.80. The fourth-order valence-electron chi connectivity index (χ4n) is 3.80. The fraction of sp³-hybridized carbons (Fsp3) is 0.455. The standard InChI is InChI=1S/C20H18ClF4NO3.C2H6/c1-3-17(27)26-15-9-11(20(23,24)25)5-4-6-13(15)19(22,18(26)28)14-10-12(21)7-8-16(14)29-2;1-2/h5,7-10,13H,3-4,6H2,1-2H3;1-2H3. The van der Waals surface area contributed by atoms with E-state index in [0.717, 1.165) is 6.08 Å². The molecule has 0 spiro atoms. The van der Waals surface area contributed by atoms with Gasteiger partial charge in [0.1, 0.15) is 5.75 Å². The SMILES string of the molecule is CC.CCC(=O)N1C(=O)C(F)(c2cc(Cl)ccc2OC)C2CCC=C(C(F)(F)F)C=C21. The smallest absolute Gasteiger partial charge is 0.416 e. The van der Waals surface area contributed by atoms with Crippen LogP contribution in [-0.4, -0.2) is 30.0 Å². The molecule has 31 heavy (non-hydrogen) atoms. The number of ether oxygens (including phenoxy) is 1. The number of rotatable bonds is 3. The number of alkyl halides is 4. The van der Waals surface area contributed by atoms with Gasteiger partial charge in [-0.1, -0.05) is 38.4 Å². The predicted octanol–water partition coefficient (Wildman–Crippen LogP) is 6.10. The topological polar surface area (TPSA) is 46.6 Å². The molecule has 0 saturated carbocycles. The van der Waals surface area contributed by atoms with Crippen molar-refractivity contribution in [2.45, 2.75) is 51.9 Å². The van der Waals surface area contributed by atoms with Gasteiger partial charge in [-0.25, -0.2) is 4.39 Å². The maximum atomic E-state index is 16.5. The monoisotopic (exact) mass is 461 g/mol. The molecule has 2 aliphatic rings. The lowest BCUT2D eigenvalue weighted by atomic mass is 9.81. The fourth-order valence-corrected chi connectivity index (χ4v) is 3.98. The van der Waals surface area contributed by atoms with Crippen molar-refractivity contribution in [1.29, 1.82) is 0 Å². The lowest BCUT2D eigenvalue weighted by Crippen LogP contribution is -2.39. The molecule has 170 valence electrons. The van der Waals surface area contributed by atoms with E-state index >= 15 is 4.39 Å². The molecule has 0 aromatic heterocycles. The van der Waals surface area contributed by atoms with Crippen LogP contribution in [-0.2, 0) is 15.3 Å². The van der Waals surface area contributed by atoms with Crippen molar-refractivity contribution >= 4 is 23.4 Å². The van der Waals surface area contributed by atoms with Crippen molar-refractivity contribution < 1.29 is 31.9 Å². The number of allylic oxidation sites excluding steroid dienone is 4. The molecule has 1 aromatic carbocycles. The highest BCUT2D eigenvalue weighted by Crippen LogP contribution is 2.54. The highest BCUT2D eigenvalue weighted by molar-refractivity contribution is 6.30. The molecule has 0 bridgehead atoms. The van der Waals surface area contributed by atoms with Crippen LogP contribution in [0.1, 0.15) is 45.6 Å². The van der Waals surface area contributed by atoms with Crippen molar-refractivity contribution in [1.82, 2.24) is 4.90 Å². The summed E-state index contributed by atoms with van der Waals surface area (Å²) in [5, 5.41) is 0.124. The maximum Gasteiger partial charge on any atom is 0.416 e. The Morgan fingerprint density at radius 3 is 2.52 bits per heavy atom. The average Bonchev–Trinajstić information content (AvgIpc) is 2.88. The number of hydrogen-bond donors (Lipinski definition) is 0. The summed E-state index contributed by atoms with van der Waals surface area (Å²) in [4.78, 5) is 26.1. The molecule has 1 saturated heterocycles. The number of halogens is 5. The molecular formula is C22H24ClF4NO3. The van der Waals surface area contributed by atoms with Gasteiger partial charge >= 0.3 is 6.18 Å². The first kappa shape index (κ1) is 24.9. The first-order valence-electron chi connectivity index (χ1n) is 9.94. The minimum absolute atomic E-state index is 0.0173. The minimum atomic E-state index is -4.69. The zero-order valence-corrected chi connectivity index (χ0v) is 18.4. The average molecular weight is 462 g/mol. The van der Waals surface area contributed by atoms with E-state index in [9.17, 15) is 22.8 Å². The maximum absolute atomic E-state index is 16.5. The normalized spacial score (nSPS) is 23.2. The first-order chi connectivity index (χ1) is 14.6. The molecule has 1 heterocycles. The second kappa shape index (κ2) is 9.42. The highest BCUT2D eigenvalue weighted by atomic mass is 35.5. The zero-order chi connectivity index (χ0) is 23.6. The van der Waals surface area contributed by atoms with E-state index < -0.39 is 35.2 Å². The van der Waals surface area contributed by atoms with Crippen molar-refractivity contribution in [3.8, 4) is 5.75 Å². The summed E-state index contributed by atoms with van der Waals surface area (Å²) >= 11 is 5.99. The third-order valence-corrected chi connectivity index (χ3v) is 5.40. The van der Waals surface area contributed by atoms with E-state index in [1.165, 1.54) is 32.2 Å². The third kappa shape index (κ3) is 4.35. The minimum Gasteiger partial charge on any atom is -0.496 e. The summed E-state index contributed by atoms with van der Waals surface area (Å²) < 4.78 is 61.7. The van der Waals surface area contributed by atoms with Crippen molar-refractivity contribution in [2.75, 3.05) is 7.11 Å². The number of amides is 2. The van der Waals surface area contributed by atoms with Crippen LogP contribution in [0, 0.1) is 5.92 Å². The molecule has 3 rings (SSSR count). The number of likely N-dealkylation sites (tertiary alicyclic amines) is 1. The summed E-state index contributed by atoms with van der Waals surface area (Å²) in [6.07, 6.45) is -3.45. The number of imide groups is 1. The molecule has 1 aliphatic carbocycles. The van der Waals surface area contributed by atoms with Crippen LogP contribution in [0.3, 0.4) is 0 Å². The Kier molecular flexibility index (Phi) is 7.57. The van der Waals surface area contributed by atoms with Gasteiger partial charge in [-0.15, -0.1) is 0 Å². The van der Waals surface area contributed by atoms with Crippen molar-refractivity contribution in [3.63, 3.8) is 0 Å². The molecule has 2 amide bonds. The molecule has 4 nitrogen and oxygen atoms in total. The van der Waals surface area contributed by atoms with Crippen molar-refractivity contribution in [2.24, 2.45) is 5.92 Å². The van der Waals surface area contributed by atoms with Gasteiger partial charge < -0.3 is 4.74 Å². The van der Waals surface area contributed by atoms with Gasteiger partial charge in [-0.05, 0) is 37.1 Å². The summed E-state index contributed by atoms with van der Waals surface area (Å²) in [6.45, 7) is 5.45.